The molecule has 1 aromatic heterocycles. The fraction of sp³-hybridized carbons (Fsp3) is 0.900. The third-order valence-corrected chi connectivity index (χ3v) is 2.90. The van der Waals surface area contributed by atoms with E-state index in [9.17, 15) is 0 Å². The van der Waals surface area contributed by atoms with Crippen LogP contribution in [0.15, 0.2) is 0 Å². The van der Waals surface area contributed by atoms with Gasteiger partial charge in [-0.2, -0.15) is 0 Å². The van der Waals surface area contributed by atoms with Gasteiger partial charge in [-0.1, -0.05) is 12.8 Å². The van der Waals surface area contributed by atoms with Gasteiger partial charge in [0.1, 0.15) is 0 Å². The highest BCUT2D eigenvalue weighted by Gasteiger charge is 2.15. The molecule has 6 nitrogen and oxygen atoms in total. The van der Waals surface area contributed by atoms with Gasteiger partial charge in [-0.05, 0) is 30.3 Å². The van der Waals surface area contributed by atoms with Crippen LogP contribution in [0.1, 0.15) is 31.5 Å². The van der Waals surface area contributed by atoms with E-state index in [0.29, 0.717) is 19.3 Å². The van der Waals surface area contributed by atoms with Gasteiger partial charge in [0.25, 0.3) is 0 Å². The summed E-state index contributed by atoms with van der Waals surface area (Å²) in [5, 5.41) is 14.6. The molecular formula is C10H19N5O. The predicted molar refractivity (Wildman–Crippen MR) is 58.8 cm³/mol. The molecule has 1 aromatic rings. The molecule has 1 heterocycles. The van der Waals surface area contributed by atoms with Gasteiger partial charge >= 0.3 is 0 Å². The van der Waals surface area contributed by atoms with E-state index in [2.05, 4.69) is 20.8 Å². The lowest BCUT2D eigenvalue weighted by Gasteiger charge is -2.11. The summed E-state index contributed by atoms with van der Waals surface area (Å²) in [7, 11) is 1.88. The standard InChI is InChI=1S/C10H19N5O/c1-11-8-10-12-13-14-15(10)6-7-16-9-4-2-3-5-9/h9,11H,2-8H2,1H3. The highest BCUT2D eigenvalue weighted by Crippen LogP contribution is 2.20. The normalized spacial score (nSPS) is 17.1. The molecule has 16 heavy (non-hydrogen) atoms. The molecule has 0 saturated heterocycles. The SMILES string of the molecule is CNCc1nnnn1CCOC1CCCC1. The number of hydrogen-bond acceptors (Lipinski definition) is 5. The molecule has 6 heteroatoms. The van der Waals surface area contributed by atoms with Crippen molar-refractivity contribution in [2.45, 2.75) is 44.9 Å². The van der Waals surface area contributed by atoms with Crippen molar-refractivity contribution in [3.8, 4) is 0 Å². The highest BCUT2D eigenvalue weighted by atomic mass is 16.5. The average molecular weight is 225 g/mol. The molecule has 1 aliphatic carbocycles. The summed E-state index contributed by atoms with van der Waals surface area (Å²) in [6.07, 6.45) is 5.49. The van der Waals surface area contributed by atoms with Crippen LogP contribution in [0, 0.1) is 0 Å². The fourth-order valence-electron chi connectivity index (χ4n) is 2.04. The number of nitrogens with zero attached hydrogens (tertiary/aromatic N) is 4. The van der Waals surface area contributed by atoms with Gasteiger partial charge in [0, 0.05) is 0 Å². The molecule has 90 valence electrons. The Bertz CT molecular complexity index is 308. The van der Waals surface area contributed by atoms with Gasteiger partial charge < -0.3 is 10.1 Å². The van der Waals surface area contributed by atoms with Crippen LogP contribution in [0.3, 0.4) is 0 Å². The van der Waals surface area contributed by atoms with Crippen molar-refractivity contribution in [2.24, 2.45) is 0 Å². The Kier molecular flexibility index (Phi) is 4.24. The molecule has 0 unspecified atom stereocenters. The van der Waals surface area contributed by atoms with Crippen LogP contribution in [-0.4, -0.2) is 40.0 Å². The van der Waals surface area contributed by atoms with E-state index in [1.165, 1.54) is 25.7 Å². The molecular weight excluding hydrogens is 206 g/mol. The van der Waals surface area contributed by atoms with E-state index in [1.54, 1.807) is 4.68 Å². The first-order valence-corrected chi connectivity index (χ1v) is 5.91. The summed E-state index contributed by atoms with van der Waals surface area (Å²) in [5.41, 5.74) is 0. The lowest BCUT2D eigenvalue weighted by atomic mass is 10.3. The highest BCUT2D eigenvalue weighted by molar-refractivity contribution is 4.78. The average Bonchev–Trinajstić information content (AvgIpc) is 2.91. The summed E-state index contributed by atoms with van der Waals surface area (Å²) in [6.45, 7) is 2.13. The van der Waals surface area contributed by atoms with E-state index >= 15 is 0 Å². The molecule has 1 fully saturated rings. The van der Waals surface area contributed by atoms with Crippen LogP contribution < -0.4 is 5.32 Å². The summed E-state index contributed by atoms with van der Waals surface area (Å²) in [6, 6.07) is 0. The molecule has 1 N–H and O–H groups in total. The number of rotatable bonds is 6. The van der Waals surface area contributed by atoms with Gasteiger partial charge in [0.15, 0.2) is 5.82 Å². The molecule has 0 spiro atoms. The van der Waals surface area contributed by atoms with Gasteiger partial charge in [-0.25, -0.2) is 4.68 Å². The van der Waals surface area contributed by atoms with E-state index in [4.69, 9.17) is 4.74 Å². The molecule has 1 aliphatic rings. The van der Waals surface area contributed by atoms with E-state index in [0.717, 1.165) is 12.4 Å². The molecule has 0 aromatic carbocycles. The first-order valence-electron chi connectivity index (χ1n) is 5.91. The monoisotopic (exact) mass is 225 g/mol. The zero-order valence-electron chi connectivity index (χ0n) is 9.72. The number of ether oxygens (including phenoxy) is 1. The van der Waals surface area contributed by atoms with Crippen LogP contribution >= 0.6 is 0 Å². The molecule has 1 saturated carbocycles. The predicted octanol–water partition coefficient (Wildman–Crippen LogP) is 0.352. The molecule has 0 radical (unpaired) electrons. The Morgan fingerprint density at radius 1 is 1.44 bits per heavy atom. The van der Waals surface area contributed by atoms with Crippen molar-refractivity contribution in [2.75, 3.05) is 13.7 Å². The summed E-state index contributed by atoms with van der Waals surface area (Å²) in [5.74, 6) is 0.859. The third-order valence-electron chi connectivity index (χ3n) is 2.90. The van der Waals surface area contributed by atoms with Gasteiger partial charge in [-0.15, -0.1) is 5.10 Å². The van der Waals surface area contributed by atoms with Crippen molar-refractivity contribution in [3.05, 3.63) is 5.82 Å². The zero-order valence-corrected chi connectivity index (χ0v) is 9.72. The smallest absolute Gasteiger partial charge is 0.165 e. The van der Waals surface area contributed by atoms with Crippen molar-refractivity contribution in [1.29, 1.82) is 0 Å². The van der Waals surface area contributed by atoms with Gasteiger partial charge in [0.2, 0.25) is 0 Å². The quantitative estimate of drug-likeness (QED) is 0.757. The second-order valence-electron chi connectivity index (χ2n) is 4.13. The Hall–Kier alpha value is -1.01. The summed E-state index contributed by atoms with van der Waals surface area (Å²) < 4.78 is 7.57. The lowest BCUT2D eigenvalue weighted by Crippen LogP contribution is -2.18. The number of hydrogen-bond donors (Lipinski definition) is 1. The first-order chi connectivity index (χ1) is 7.90. The Morgan fingerprint density at radius 3 is 3.00 bits per heavy atom. The topological polar surface area (TPSA) is 64.9 Å². The second-order valence-corrected chi connectivity index (χ2v) is 4.13. The number of tetrazole rings is 1. The van der Waals surface area contributed by atoms with Gasteiger partial charge in [-0.3, -0.25) is 0 Å². The summed E-state index contributed by atoms with van der Waals surface area (Å²) >= 11 is 0. The van der Waals surface area contributed by atoms with Crippen molar-refractivity contribution in [3.63, 3.8) is 0 Å². The Labute approximate surface area is 95.4 Å². The first kappa shape index (κ1) is 11.5. The molecule has 0 bridgehead atoms. The maximum atomic E-state index is 5.77. The Morgan fingerprint density at radius 2 is 2.25 bits per heavy atom. The maximum absolute atomic E-state index is 5.77. The molecule has 2 rings (SSSR count). The van der Waals surface area contributed by atoms with Crippen LogP contribution in [0.25, 0.3) is 0 Å². The third kappa shape index (κ3) is 2.99. The van der Waals surface area contributed by atoms with Crippen LogP contribution in [0.4, 0.5) is 0 Å². The number of nitrogens with one attached hydrogen (secondary N) is 1. The zero-order chi connectivity index (χ0) is 11.2. The van der Waals surface area contributed by atoms with Crippen LogP contribution in [0.5, 0.6) is 0 Å². The van der Waals surface area contributed by atoms with E-state index in [-0.39, 0.29) is 0 Å². The van der Waals surface area contributed by atoms with Crippen molar-refractivity contribution in [1.82, 2.24) is 25.5 Å². The van der Waals surface area contributed by atoms with Gasteiger partial charge in [0.05, 0.1) is 25.8 Å². The van der Waals surface area contributed by atoms with Crippen molar-refractivity contribution >= 4 is 0 Å². The molecule has 0 aliphatic heterocycles. The largest absolute Gasteiger partial charge is 0.376 e. The van der Waals surface area contributed by atoms with Crippen LogP contribution in [-0.2, 0) is 17.8 Å². The molecule has 0 amide bonds. The molecule has 0 atom stereocenters. The minimum Gasteiger partial charge on any atom is -0.376 e. The maximum Gasteiger partial charge on any atom is 0.165 e. The number of aromatic nitrogens is 4. The lowest BCUT2D eigenvalue weighted by molar-refractivity contribution is 0.0507. The van der Waals surface area contributed by atoms with Crippen molar-refractivity contribution < 1.29 is 4.74 Å². The van der Waals surface area contributed by atoms with E-state index < -0.39 is 0 Å². The summed E-state index contributed by atoms with van der Waals surface area (Å²) in [4.78, 5) is 0. The Balaban J connectivity index is 1.73. The minimum atomic E-state index is 0.462. The van der Waals surface area contributed by atoms with Crippen LogP contribution in [0.2, 0.25) is 0 Å². The van der Waals surface area contributed by atoms with E-state index in [1.807, 2.05) is 7.05 Å². The fourth-order valence-corrected chi connectivity index (χ4v) is 2.04. The minimum absolute atomic E-state index is 0.462. The second kappa shape index (κ2) is 5.91.